The van der Waals surface area contributed by atoms with E-state index in [1.807, 2.05) is 6.08 Å². The third-order valence-electron chi connectivity index (χ3n) is 16.4. The molecule has 17 atom stereocenters. The van der Waals surface area contributed by atoms with Gasteiger partial charge in [0.15, 0.2) is 18.9 Å². The van der Waals surface area contributed by atoms with Crippen molar-refractivity contribution in [3.05, 3.63) is 85.1 Å². The summed E-state index contributed by atoms with van der Waals surface area (Å²) >= 11 is 0. The zero-order chi connectivity index (χ0) is 64.0. The minimum absolute atomic E-state index is 0.230. The quantitative estimate of drug-likeness (QED) is 0.0201. The highest BCUT2D eigenvalue weighted by atomic mass is 16.8. The maximum Gasteiger partial charge on any atom is 0.220 e. The molecule has 19 heteroatoms. The molecular weight excluding hydrogens is 1130 g/mol. The van der Waals surface area contributed by atoms with E-state index in [1.165, 1.54) is 109 Å². The van der Waals surface area contributed by atoms with Crippen LogP contribution in [0.5, 0.6) is 0 Å². The normalized spacial score (nSPS) is 28.9. The van der Waals surface area contributed by atoms with Gasteiger partial charge in [-0.2, -0.15) is 0 Å². The summed E-state index contributed by atoms with van der Waals surface area (Å²) in [5.74, 6) is -0.293. The Morgan fingerprint density at radius 3 is 1.23 bits per heavy atom. The minimum Gasteiger partial charge on any atom is -0.394 e. The average molecular weight is 1250 g/mol. The first-order chi connectivity index (χ1) is 42.8. The lowest BCUT2D eigenvalue weighted by Gasteiger charge is -2.48. The van der Waals surface area contributed by atoms with E-state index in [-0.39, 0.29) is 18.9 Å². The van der Waals surface area contributed by atoms with Gasteiger partial charge < -0.3 is 89.9 Å². The lowest BCUT2D eigenvalue weighted by molar-refractivity contribution is -0.379. The molecule has 17 unspecified atom stereocenters. The molecule has 3 aliphatic rings. The number of rotatable bonds is 50. The molecule has 0 spiro atoms. The van der Waals surface area contributed by atoms with Crippen LogP contribution in [-0.2, 0) is 33.2 Å². The lowest BCUT2D eigenvalue weighted by atomic mass is 9.96. The molecule has 508 valence electrons. The van der Waals surface area contributed by atoms with E-state index >= 15 is 0 Å². The number of aliphatic hydroxyl groups is 11. The van der Waals surface area contributed by atoms with E-state index in [4.69, 9.17) is 28.4 Å². The summed E-state index contributed by atoms with van der Waals surface area (Å²) in [4.78, 5) is 13.3. The molecule has 3 rings (SSSR count). The first-order valence-electron chi connectivity index (χ1n) is 33.8. The molecule has 0 aromatic rings. The number of aliphatic hydroxyl groups excluding tert-OH is 11. The van der Waals surface area contributed by atoms with Crippen LogP contribution in [0.25, 0.3) is 0 Å². The standard InChI is InChI=1S/C69H119NO18/c1-3-5-7-9-11-13-15-16-17-18-19-20-21-22-23-24-25-26-27-28-29-30-31-32-33-34-35-36-37-39-41-43-45-47-57(75)70-52(53(74)46-44-42-40-38-14-12-10-8-6-4-2)51-83-67-63(81)60(78)65(55(49-72)85-67)88-69-64(82)61(79)66(56(50-73)86-69)87-68-62(80)59(77)58(76)54(48-71)84-68/h5-8,11,13-14,16-17,19-20,38,44,46,52-56,58-69,71-74,76-82H,3-4,9-10,12,15,18,21-37,39-43,45,47-51H2,1-2H3,(H,70,75)/b7-5-,8-6+,13-11-,17-16-,20-19-,38-14+,46-44+. The largest absolute Gasteiger partial charge is 0.394 e. The molecule has 3 aliphatic heterocycles. The van der Waals surface area contributed by atoms with Crippen LogP contribution in [0, 0.1) is 0 Å². The smallest absolute Gasteiger partial charge is 0.220 e. The van der Waals surface area contributed by atoms with E-state index in [2.05, 4.69) is 92.1 Å². The molecule has 0 saturated carbocycles. The molecule has 12 N–H and O–H groups in total. The molecule has 88 heavy (non-hydrogen) atoms. The Labute approximate surface area is 527 Å². The van der Waals surface area contributed by atoms with Crippen molar-refractivity contribution in [3.8, 4) is 0 Å². The highest BCUT2D eigenvalue weighted by molar-refractivity contribution is 5.76. The van der Waals surface area contributed by atoms with Crippen molar-refractivity contribution in [3.63, 3.8) is 0 Å². The van der Waals surface area contributed by atoms with Crippen molar-refractivity contribution < 1.29 is 89.4 Å². The molecular formula is C69H119NO18. The summed E-state index contributed by atoms with van der Waals surface area (Å²) in [6.45, 7) is 1.45. The molecule has 0 radical (unpaired) electrons. The van der Waals surface area contributed by atoms with Crippen LogP contribution in [-0.4, -0.2) is 193 Å². The number of hydrogen-bond donors (Lipinski definition) is 12. The number of amides is 1. The molecule has 1 amide bonds. The minimum atomic E-state index is -1.98. The van der Waals surface area contributed by atoms with Crippen LogP contribution in [0.4, 0.5) is 0 Å². The van der Waals surface area contributed by atoms with Gasteiger partial charge in [-0.1, -0.05) is 214 Å². The molecule has 0 aliphatic carbocycles. The van der Waals surface area contributed by atoms with Gasteiger partial charge in [-0.15, -0.1) is 0 Å². The maximum atomic E-state index is 13.3. The lowest BCUT2D eigenvalue weighted by Crippen LogP contribution is -2.66. The van der Waals surface area contributed by atoms with Gasteiger partial charge in [-0.25, -0.2) is 0 Å². The average Bonchev–Trinajstić information content (AvgIpc) is 1.83. The Morgan fingerprint density at radius 1 is 0.409 bits per heavy atom. The summed E-state index contributed by atoms with van der Waals surface area (Å²) < 4.78 is 34.2. The summed E-state index contributed by atoms with van der Waals surface area (Å²) in [6.07, 6.45) is 37.6. The van der Waals surface area contributed by atoms with Crippen molar-refractivity contribution in [2.24, 2.45) is 0 Å². The van der Waals surface area contributed by atoms with Gasteiger partial charge in [-0.05, 0) is 77.0 Å². The Morgan fingerprint density at radius 2 is 0.761 bits per heavy atom. The van der Waals surface area contributed by atoms with Gasteiger partial charge >= 0.3 is 0 Å². The fraction of sp³-hybridized carbons (Fsp3) is 0.783. The zero-order valence-electron chi connectivity index (χ0n) is 53.4. The Hall–Kier alpha value is -3.03. The van der Waals surface area contributed by atoms with Crippen molar-refractivity contribution in [1.29, 1.82) is 0 Å². The number of ether oxygens (including phenoxy) is 6. The molecule has 19 nitrogen and oxygen atoms in total. The predicted octanol–water partition coefficient (Wildman–Crippen LogP) is 8.32. The van der Waals surface area contributed by atoms with E-state index in [0.717, 1.165) is 70.6 Å². The van der Waals surface area contributed by atoms with Gasteiger partial charge in [0.05, 0.1) is 38.6 Å². The monoisotopic (exact) mass is 1250 g/mol. The van der Waals surface area contributed by atoms with E-state index < -0.39 is 124 Å². The Bertz CT molecular complexity index is 1930. The second-order valence-corrected chi connectivity index (χ2v) is 23.9. The summed E-state index contributed by atoms with van der Waals surface area (Å²) in [7, 11) is 0. The number of carbonyl (C=O) groups is 1. The van der Waals surface area contributed by atoms with E-state index in [0.29, 0.717) is 12.8 Å². The van der Waals surface area contributed by atoms with Gasteiger partial charge in [0.25, 0.3) is 0 Å². The molecule has 3 fully saturated rings. The van der Waals surface area contributed by atoms with Crippen molar-refractivity contribution in [2.45, 2.75) is 317 Å². The fourth-order valence-corrected chi connectivity index (χ4v) is 11.0. The van der Waals surface area contributed by atoms with Gasteiger partial charge in [-0.3, -0.25) is 4.79 Å². The molecule has 3 saturated heterocycles. The second kappa shape index (κ2) is 50.5. The van der Waals surface area contributed by atoms with Crippen LogP contribution in [0.3, 0.4) is 0 Å². The van der Waals surface area contributed by atoms with Crippen LogP contribution in [0.2, 0.25) is 0 Å². The fourth-order valence-electron chi connectivity index (χ4n) is 11.0. The first kappa shape index (κ1) is 79.2. The van der Waals surface area contributed by atoms with Crippen LogP contribution in [0.15, 0.2) is 85.1 Å². The predicted molar refractivity (Wildman–Crippen MR) is 341 cm³/mol. The van der Waals surface area contributed by atoms with Crippen molar-refractivity contribution >= 4 is 5.91 Å². The van der Waals surface area contributed by atoms with Crippen LogP contribution >= 0.6 is 0 Å². The van der Waals surface area contributed by atoms with E-state index in [9.17, 15) is 61.0 Å². The third-order valence-corrected chi connectivity index (χ3v) is 16.4. The number of unbranched alkanes of at least 4 members (excludes halogenated alkanes) is 22. The summed E-state index contributed by atoms with van der Waals surface area (Å²) in [5, 5.41) is 120. The SMILES string of the molecule is CC/C=C\C/C=C\C/C=C\C/C=C\CCCCCCCCCCCCCCCCCCCCCCC(=O)NC(COC1OC(CO)C(OC2OC(CO)C(OC3OC(CO)C(O)C(O)C3O)C(O)C2O)C(O)C1O)C(O)/C=C/CC/C=C/CC/C=C/CC. The molecule has 3 heterocycles. The molecule has 0 aromatic carbocycles. The number of hydrogen-bond acceptors (Lipinski definition) is 18. The molecule has 0 bridgehead atoms. The highest BCUT2D eigenvalue weighted by Gasteiger charge is 2.53. The number of carbonyl (C=O) groups excluding carboxylic acids is 1. The Kier molecular flexibility index (Phi) is 45.5. The van der Waals surface area contributed by atoms with Gasteiger partial charge in [0.2, 0.25) is 5.91 Å². The van der Waals surface area contributed by atoms with Crippen molar-refractivity contribution in [2.75, 3.05) is 26.4 Å². The third kappa shape index (κ3) is 32.5. The number of nitrogens with one attached hydrogen (secondary N) is 1. The van der Waals surface area contributed by atoms with Crippen LogP contribution in [0.1, 0.15) is 213 Å². The topological polar surface area (TPSA) is 307 Å². The number of allylic oxidation sites excluding steroid dienone is 13. The van der Waals surface area contributed by atoms with Crippen molar-refractivity contribution in [1.82, 2.24) is 5.32 Å². The van der Waals surface area contributed by atoms with Gasteiger partial charge in [0.1, 0.15) is 73.2 Å². The highest BCUT2D eigenvalue weighted by Crippen LogP contribution is 2.33. The summed E-state index contributed by atoms with van der Waals surface area (Å²) in [6, 6.07) is -0.997. The van der Waals surface area contributed by atoms with E-state index in [1.54, 1.807) is 6.08 Å². The first-order valence-corrected chi connectivity index (χ1v) is 33.8. The zero-order valence-corrected chi connectivity index (χ0v) is 53.4. The second-order valence-electron chi connectivity index (χ2n) is 23.9. The maximum absolute atomic E-state index is 13.3. The van der Waals surface area contributed by atoms with Gasteiger partial charge in [0, 0.05) is 6.42 Å². The Balaban J connectivity index is 1.34. The summed E-state index contributed by atoms with van der Waals surface area (Å²) in [5.41, 5.74) is 0. The van der Waals surface area contributed by atoms with Crippen LogP contribution < -0.4 is 5.32 Å². The molecule has 0 aromatic heterocycles.